The van der Waals surface area contributed by atoms with Gasteiger partial charge in [-0.25, -0.2) is 0 Å². The molecule has 1 N–H and O–H groups in total. The summed E-state index contributed by atoms with van der Waals surface area (Å²) in [5, 5.41) is 12.9. The Morgan fingerprint density at radius 3 is 2.92 bits per heavy atom. The fourth-order valence-corrected chi connectivity index (χ4v) is 2.29. The normalized spacial score (nSPS) is 44.6. The Balaban J connectivity index is 2.27. The lowest BCUT2D eigenvalue weighted by Gasteiger charge is -2.13. The number of ketones is 1. The fourth-order valence-electron chi connectivity index (χ4n) is 2.29. The molecule has 2 fully saturated rings. The third-order valence-corrected chi connectivity index (χ3v) is 2.88. The zero-order chi connectivity index (χ0) is 8.72. The van der Waals surface area contributed by atoms with Gasteiger partial charge in [-0.15, -0.1) is 0 Å². The van der Waals surface area contributed by atoms with E-state index in [9.17, 15) is 9.90 Å². The Morgan fingerprint density at radius 2 is 2.42 bits per heavy atom. The van der Waals surface area contributed by atoms with E-state index in [1.165, 1.54) is 0 Å². The van der Waals surface area contributed by atoms with Crippen LogP contribution in [-0.4, -0.2) is 23.0 Å². The second-order valence-electron chi connectivity index (χ2n) is 3.44. The molecule has 0 radical (unpaired) electrons. The standard InChI is InChI=1S/C7H9N3O2/c8-10-9-7-3-1-5(11)4(7)2-6(3)12/h3-5,7,11H,1-2H2. The summed E-state index contributed by atoms with van der Waals surface area (Å²) < 4.78 is 0. The van der Waals surface area contributed by atoms with Crippen LogP contribution in [0.1, 0.15) is 12.8 Å². The van der Waals surface area contributed by atoms with Crippen molar-refractivity contribution in [2.45, 2.75) is 25.0 Å². The van der Waals surface area contributed by atoms with E-state index in [2.05, 4.69) is 10.0 Å². The van der Waals surface area contributed by atoms with Crippen molar-refractivity contribution in [2.24, 2.45) is 17.0 Å². The molecule has 12 heavy (non-hydrogen) atoms. The van der Waals surface area contributed by atoms with Gasteiger partial charge in [-0.1, -0.05) is 5.11 Å². The molecule has 2 aliphatic carbocycles. The predicted octanol–water partition coefficient (Wildman–Crippen LogP) is 0.635. The first-order valence-electron chi connectivity index (χ1n) is 3.99. The summed E-state index contributed by atoms with van der Waals surface area (Å²) >= 11 is 0. The highest BCUT2D eigenvalue weighted by molar-refractivity contribution is 5.86. The lowest BCUT2D eigenvalue weighted by Crippen LogP contribution is -2.21. The van der Waals surface area contributed by atoms with Gasteiger partial charge < -0.3 is 5.11 Å². The number of hydrogen-bond donors (Lipinski definition) is 1. The molecule has 0 aliphatic heterocycles. The zero-order valence-electron chi connectivity index (χ0n) is 6.42. The number of carbonyl (C=O) groups is 1. The van der Waals surface area contributed by atoms with Gasteiger partial charge in [0, 0.05) is 23.2 Å². The molecule has 0 aromatic rings. The van der Waals surface area contributed by atoms with Crippen LogP contribution in [0.4, 0.5) is 0 Å². The van der Waals surface area contributed by atoms with Crippen molar-refractivity contribution >= 4 is 5.78 Å². The summed E-state index contributed by atoms with van der Waals surface area (Å²) in [6.07, 6.45) is 0.422. The second kappa shape index (κ2) is 2.47. The van der Waals surface area contributed by atoms with Gasteiger partial charge in [-0.3, -0.25) is 4.79 Å². The molecule has 2 aliphatic rings. The summed E-state index contributed by atoms with van der Waals surface area (Å²) in [4.78, 5) is 13.9. The van der Waals surface area contributed by atoms with Crippen molar-refractivity contribution in [3.63, 3.8) is 0 Å². The van der Waals surface area contributed by atoms with Gasteiger partial charge in [-0.05, 0) is 12.0 Å². The van der Waals surface area contributed by atoms with E-state index in [0.717, 1.165) is 0 Å². The Kier molecular flexibility index (Phi) is 1.56. The molecule has 0 aromatic heterocycles. The molecule has 0 saturated heterocycles. The highest BCUT2D eigenvalue weighted by atomic mass is 16.3. The quantitative estimate of drug-likeness (QED) is 0.353. The predicted molar refractivity (Wildman–Crippen MR) is 40.2 cm³/mol. The minimum Gasteiger partial charge on any atom is -0.393 e. The number of rotatable bonds is 1. The van der Waals surface area contributed by atoms with E-state index in [4.69, 9.17) is 5.53 Å². The molecular formula is C7H9N3O2. The number of carbonyl (C=O) groups excluding carboxylic acids is 1. The van der Waals surface area contributed by atoms with Crippen LogP contribution in [0.25, 0.3) is 10.4 Å². The molecule has 4 atom stereocenters. The Hall–Kier alpha value is -1.06. The van der Waals surface area contributed by atoms with E-state index in [-0.39, 0.29) is 23.7 Å². The summed E-state index contributed by atoms with van der Waals surface area (Å²) in [6.45, 7) is 0. The smallest absolute Gasteiger partial charge is 0.136 e. The van der Waals surface area contributed by atoms with Crippen molar-refractivity contribution < 1.29 is 9.90 Å². The Bertz CT molecular complexity index is 272. The summed E-state index contributed by atoms with van der Waals surface area (Å²) in [5.74, 6) is -0.179. The number of fused-ring (bicyclic) bond motifs is 2. The van der Waals surface area contributed by atoms with E-state index >= 15 is 0 Å². The van der Waals surface area contributed by atoms with Crippen LogP contribution in [0.2, 0.25) is 0 Å². The van der Waals surface area contributed by atoms with Gasteiger partial charge in [0.2, 0.25) is 0 Å². The molecule has 4 unspecified atom stereocenters. The average molecular weight is 167 g/mol. The van der Waals surface area contributed by atoms with Gasteiger partial charge >= 0.3 is 0 Å². The van der Waals surface area contributed by atoms with Crippen LogP contribution >= 0.6 is 0 Å². The van der Waals surface area contributed by atoms with E-state index in [1.807, 2.05) is 0 Å². The molecule has 2 bridgehead atoms. The van der Waals surface area contributed by atoms with Crippen LogP contribution in [0, 0.1) is 11.8 Å². The largest absolute Gasteiger partial charge is 0.393 e. The number of aliphatic hydroxyl groups is 1. The minimum atomic E-state index is -0.441. The van der Waals surface area contributed by atoms with E-state index < -0.39 is 6.10 Å². The first kappa shape index (κ1) is 7.58. The van der Waals surface area contributed by atoms with E-state index in [0.29, 0.717) is 12.8 Å². The van der Waals surface area contributed by atoms with Crippen molar-refractivity contribution in [1.82, 2.24) is 0 Å². The number of nitrogens with zero attached hydrogens (tertiary/aromatic N) is 3. The first-order chi connectivity index (χ1) is 5.74. The molecule has 5 nitrogen and oxygen atoms in total. The van der Waals surface area contributed by atoms with Crippen LogP contribution in [-0.2, 0) is 4.79 Å². The second-order valence-corrected chi connectivity index (χ2v) is 3.44. The number of hydrogen-bond acceptors (Lipinski definition) is 3. The van der Waals surface area contributed by atoms with Gasteiger partial charge in [0.15, 0.2) is 0 Å². The number of aliphatic hydroxyl groups excluding tert-OH is 1. The van der Waals surface area contributed by atoms with Gasteiger partial charge in [-0.2, -0.15) is 0 Å². The molecule has 64 valence electrons. The van der Waals surface area contributed by atoms with Gasteiger partial charge in [0.25, 0.3) is 0 Å². The van der Waals surface area contributed by atoms with Crippen molar-refractivity contribution in [3.05, 3.63) is 10.4 Å². The molecular weight excluding hydrogens is 158 g/mol. The Morgan fingerprint density at radius 1 is 1.67 bits per heavy atom. The van der Waals surface area contributed by atoms with Crippen molar-refractivity contribution in [3.8, 4) is 0 Å². The molecule has 5 heteroatoms. The topological polar surface area (TPSA) is 86.1 Å². The first-order valence-corrected chi connectivity index (χ1v) is 3.99. The molecule has 0 heterocycles. The monoisotopic (exact) mass is 167 g/mol. The number of azide groups is 1. The highest BCUT2D eigenvalue weighted by Gasteiger charge is 2.52. The summed E-state index contributed by atoms with van der Waals surface area (Å²) in [7, 11) is 0. The third-order valence-electron chi connectivity index (χ3n) is 2.88. The lowest BCUT2D eigenvalue weighted by atomic mass is 9.97. The average Bonchev–Trinajstić information content (AvgIpc) is 2.45. The Labute approximate surface area is 69.0 Å². The fraction of sp³-hybridized carbons (Fsp3) is 0.857. The molecule has 0 amide bonds. The van der Waals surface area contributed by atoms with Crippen LogP contribution in [0.3, 0.4) is 0 Å². The van der Waals surface area contributed by atoms with Crippen molar-refractivity contribution in [1.29, 1.82) is 0 Å². The van der Waals surface area contributed by atoms with Crippen molar-refractivity contribution in [2.75, 3.05) is 0 Å². The molecule has 0 spiro atoms. The maximum atomic E-state index is 11.2. The zero-order valence-corrected chi connectivity index (χ0v) is 6.42. The SMILES string of the molecule is [N-]=[N+]=NC1C2CC(O)C1CC2=O. The third kappa shape index (κ3) is 0.838. The van der Waals surface area contributed by atoms with Crippen LogP contribution in [0.5, 0.6) is 0 Å². The molecule has 2 saturated carbocycles. The summed E-state index contributed by atoms with van der Waals surface area (Å²) in [6, 6.07) is -0.280. The van der Waals surface area contributed by atoms with Crippen LogP contribution < -0.4 is 0 Å². The van der Waals surface area contributed by atoms with E-state index in [1.54, 1.807) is 0 Å². The van der Waals surface area contributed by atoms with Crippen LogP contribution in [0.15, 0.2) is 5.11 Å². The lowest BCUT2D eigenvalue weighted by molar-refractivity contribution is -0.123. The highest BCUT2D eigenvalue weighted by Crippen LogP contribution is 2.44. The molecule has 2 rings (SSSR count). The van der Waals surface area contributed by atoms with Gasteiger partial charge in [0.05, 0.1) is 12.1 Å². The summed E-state index contributed by atoms with van der Waals surface area (Å²) in [5.41, 5.74) is 8.23. The minimum absolute atomic E-state index is 0.113. The number of Topliss-reactive ketones (excluding diaryl/α,β-unsaturated/α-hetero) is 1. The maximum absolute atomic E-state index is 11.2. The van der Waals surface area contributed by atoms with Gasteiger partial charge in [0.1, 0.15) is 5.78 Å². The molecule has 0 aromatic carbocycles. The maximum Gasteiger partial charge on any atom is 0.136 e.